The molecule has 0 saturated carbocycles. The van der Waals surface area contributed by atoms with Gasteiger partial charge in [-0.2, -0.15) is 0 Å². The van der Waals surface area contributed by atoms with E-state index in [4.69, 9.17) is 15.3 Å². The summed E-state index contributed by atoms with van der Waals surface area (Å²) in [5.74, 6) is 0.932. The summed E-state index contributed by atoms with van der Waals surface area (Å²) in [6, 6.07) is 1.85. The summed E-state index contributed by atoms with van der Waals surface area (Å²) in [5.41, 5.74) is 6.34. The Morgan fingerprint density at radius 2 is 2.55 bits per heavy atom. The molecule has 0 aromatic carbocycles. The van der Waals surface area contributed by atoms with Crippen molar-refractivity contribution >= 4 is 0 Å². The van der Waals surface area contributed by atoms with E-state index in [-0.39, 0.29) is 6.61 Å². The summed E-state index contributed by atoms with van der Waals surface area (Å²) in [6.07, 6.45) is 3.26. The van der Waals surface area contributed by atoms with Gasteiger partial charge < -0.3 is 15.3 Å². The molecule has 1 heterocycles. The number of hydrogen-bond donors (Lipinski definition) is 2. The molecule has 1 unspecified atom stereocenters. The second kappa shape index (κ2) is 2.09. The molecule has 1 aliphatic rings. The number of aliphatic hydroxyl groups excluding tert-OH is 1. The topological polar surface area (TPSA) is 59.4 Å². The summed E-state index contributed by atoms with van der Waals surface area (Å²) in [5, 5.41) is 9.02. The highest BCUT2D eigenvalue weighted by molar-refractivity contribution is 5.31. The average Bonchev–Trinajstić information content (AvgIpc) is 2.55. The van der Waals surface area contributed by atoms with E-state index in [1.54, 1.807) is 6.26 Å². The van der Waals surface area contributed by atoms with Gasteiger partial charge in [0, 0.05) is 12.0 Å². The van der Waals surface area contributed by atoms with Crippen molar-refractivity contribution in [3.05, 3.63) is 23.7 Å². The first kappa shape index (κ1) is 6.88. The largest absolute Gasteiger partial charge is 0.469 e. The Labute approximate surface area is 64.8 Å². The molecule has 2 rings (SSSR count). The Morgan fingerprint density at radius 1 is 1.73 bits per heavy atom. The predicted molar refractivity (Wildman–Crippen MR) is 40.0 cm³/mol. The molecule has 0 spiro atoms. The van der Waals surface area contributed by atoms with E-state index < -0.39 is 5.54 Å². The number of aryl methyl sites for hydroxylation is 1. The van der Waals surface area contributed by atoms with Crippen LogP contribution in [0.2, 0.25) is 0 Å². The van der Waals surface area contributed by atoms with Crippen LogP contribution in [-0.4, -0.2) is 11.7 Å². The molecular weight excluding hydrogens is 142 g/mol. The summed E-state index contributed by atoms with van der Waals surface area (Å²) in [4.78, 5) is 0. The van der Waals surface area contributed by atoms with Gasteiger partial charge in [-0.25, -0.2) is 0 Å². The van der Waals surface area contributed by atoms with Crippen molar-refractivity contribution in [3.8, 4) is 0 Å². The van der Waals surface area contributed by atoms with Crippen molar-refractivity contribution in [2.75, 3.05) is 6.61 Å². The minimum Gasteiger partial charge on any atom is -0.469 e. The van der Waals surface area contributed by atoms with Crippen molar-refractivity contribution in [1.82, 2.24) is 0 Å². The van der Waals surface area contributed by atoms with Crippen LogP contribution in [-0.2, 0) is 12.0 Å². The lowest BCUT2D eigenvalue weighted by atomic mass is 9.96. The summed E-state index contributed by atoms with van der Waals surface area (Å²) >= 11 is 0. The fourth-order valence-electron chi connectivity index (χ4n) is 1.61. The molecule has 0 radical (unpaired) electrons. The van der Waals surface area contributed by atoms with Gasteiger partial charge in [-0.3, -0.25) is 0 Å². The highest BCUT2D eigenvalue weighted by atomic mass is 16.3. The molecule has 60 valence electrons. The number of furan rings is 1. The van der Waals surface area contributed by atoms with Gasteiger partial charge in [0.2, 0.25) is 0 Å². The van der Waals surface area contributed by atoms with Gasteiger partial charge in [0.05, 0.1) is 18.4 Å². The Kier molecular flexibility index (Phi) is 1.31. The van der Waals surface area contributed by atoms with Crippen molar-refractivity contribution in [3.63, 3.8) is 0 Å². The molecule has 0 fully saturated rings. The summed E-state index contributed by atoms with van der Waals surface area (Å²) < 4.78 is 5.18. The molecular formula is C8H11NO2. The lowest BCUT2D eigenvalue weighted by molar-refractivity contribution is 0.197. The highest BCUT2D eigenvalue weighted by Gasteiger charge is 2.36. The van der Waals surface area contributed by atoms with Crippen LogP contribution in [0.1, 0.15) is 17.7 Å². The molecule has 3 nitrogen and oxygen atoms in total. The lowest BCUT2D eigenvalue weighted by Crippen LogP contribution is -2.37. The van der Waals surface area contributed by atoms with E-state index in [1.807, 2.05) is 6.07 Å². The minimum atomic E-state index is -0.539. The Morgan fingerprint density at radius 3 is 3.27 bits per heavy atom. The van der Waals surface area contributed by atoms with Crippen LogP contribution in [0, 0.1) is 0 Å². The molecule has 1 aromatic rings. The van der Waals surface area contributed by atoms with Crippen LogP contribution in [0.4, 0.5) is 0 Å². The van der Waals surface area contributed by atoms with Crippen LogP contribution < -0.4 is 5.73 Å². The Balaban J connectivity index is 2.45. The third-order valence-electron chi connectivity index (χ3n) is 2.36. The van der Waals surface area contributed by atoms with Gasteiger partial charge in [-0.05, 0) is 12.5 Å². The molecule has 1 aliphatic carbocycles. The van der Waals surface area contributed by atoms with E-state index in [0.717, 1.165) is 24.2 Å². The van der Waals surface area contributed by atoms with Crippen molar-refractivity contribution in [1.29, 1.82) is 0 Å². The average molecular weight is 153 g/mol. The molecule has 0 saturated heterocycles. The number of hydrogen-bond acceptors (Lipinski definition) is 3. The third-order valence-corrected chi connectivity index (χ3v) is 2.36. The molecule has 0 bridgehead atoms. The quantitative estimate of drug-likeness (QED) is 0.613. The van der Waals surface area contributed by atoms with Crippen LogP contribution in [0.3, 0.4) is 0 Å². The number of nitrogens with two attached hydrogens (primary N) is 1. The fraction of sp³-hybridized carbons (Fsp3) is 0.500. The van der Waals surface area contributed by atoms with Crippen LogP contribution in [0.15, 0.2) is 16.7 Å². The molecule has 0 aliphatic heterocycles. The predicted octanol–water partition coefficient (Wildman–Crippen LogP) is 0.372. The Bertz CT molecular complexity index is 269. The standard InChI is InChI=1S/C8H11NO2/c9-8(5-10)3-1-7-6(8)2-4-11-7/h2,4,10H,1,3,5,9H2. The minimum absolute atomic E-state index is 0.000463. The maximum Gasteiger partial charge on any atom is 0.108 e. The van der Waals surface area contributed by atoms with E-state index in [2.05, 4.69) is 0 Å². The summed E-state index contributed by atoms with van der Waals surface area (Å²) in [7, 11) is 0. The number of fused-ring (bicyclic) bond motifs is 1. The monoisotopic (exact) mass is 153 g/mol. The maximum absolute atomic E-state index is 9.02. The van der Waals surface area contributed by atoms with Crippen LogP contribution in [0.5, 0.6) is 0 Å². The first-order valence-electron chi connectivity index (χ1n) is 3.73. The van der Waals surface area contributed by atoms with Crippen molar-refractivity contribution in [2.45, 2.75) is 18.4 Å². The van der Waals surface area contributed by atoms with Crippen molar-refractivity contribution in [2.24, 2.45) is 5.73 Å². The first-order chi connectivity index (χ1) is 5.26. The first-order valence-corrected chi connectivity index (χ1v) is 3.73. The zero-order chi connectivity index (χ0) is 7.90. The Hall–Kier alpha value is -0.800. The van der Waals surface area contributed by atoms with Crippen molar-refractivity contribution < 1.29 is 9.52 Å². The van der Waals surface area contributed by atoms with Crippen LogP contribution in [0.25, 0.3) is 0 Å². The molecule has 0 amide bonds. The molecule has 1 atom stereocenters. The highest BCUT2D eigenvalue weighted by Crippen LogP contribution is 2.34. The zero-order valence-electron chi connectivity index (χ0n) is 6.21. The van der Waals surface area contributed by atoms with Gasteiger partial charge in [-0.1, -0.05) is 0 Å². The van der Waals surface area contributed by atoms with E-state index in [1.165, 1.54) is 0 Å². The zero-order valence-corrected chi connectivity index (χ0v) is 6.21. The molecule has 1 aromatic heterocycles. The van der Waals surface area contributed by atoms with Gasteiger partial charge in [-0.15, -0.1) is 0 Å². The second-order valence-corrected chi connectivity index (χ2v) is 3.07. The van der Waals surface area contributed by atoms with E-state index in [0.29, 0.717) is 0 Å². The normalized spacial score (nSPS) is 28.9. The van der Waals surface area contributed by atoms with E-state index in [9.17, 15) is 0 Å². The summed E-state index contributed by atoms with van der Waals surface area (Å²) in [6.45, 7) is -0.000463. The number of rotatable bonds is 1. The number of aliphatic hydroxyl groups is 1. The maximum atomic E-state index is 9.02. The molecule has 11 heavy (non-hydrogen) atoms. The van der Waals surface area contributed by atoms with Gasteiger partial charge >= 0.3 is 0 Å². The van der Waals surface area contributed by atoms with E-state index >= 15 is 0 Å². The van der Waals surface area contributed by atoms with Gasteiger partial charge in [0.1, 0.15) is 5.76 Å². The van der Waals surface area contributed by atoms with Crippen LogP contribution >= 0.6 is 0 Å². The second-order valence-electron chi connectivity index (χ2n) is 3.07. The molecule has 3 N–H and O–H groups in total. The van der Waals surface area contributed by atoms with Gasteiger partial charge in [0.15, 0.2) is 0 Å². The third kappa shape index (κ3) is 0.814. The SMILES string of the molecule is NC1(CO)CCc2occc21. The lowest BCUT2D eigenvalue weighted by Gasteiger charge is -2.19. The molecule has 3 heteroatoms. The fourth-order valence-corrected chi connectivity index (χ4v) is 1.61. The smallest absolute Gasteiger partial charge is 0.108 e. The van der Waals surface area contributed by atoms with Gasteiger partial charge in [0.25, 0.3) is 0 Å².